The van der Waals surface area contributed by atoms with E-state index in [1.165, 1.54) is 58.5 Å². The summed E-state index contributed by atoms with van der Waals surface area (Å²) in [6.45, 7) is 4.38. The minimum Gasteiger partial charge on any atom is -0.469 e. The van der Waals surface area contributed by atoms with Gasteiger partial charge in [-0.25, -0.2) is 0 Å². The molecule has 0 N–H and O–H groups in total. The SMILES string of the molecule is CCCCCCCCCCC(CCC)C(=O)OC. The number of hydrogen-bond acceptors (Lipinski definition) is 2. The minimum atomic E-state index is -0.0141. The minimum absolute atomic E-state index is 0.0141. The molecule has 0 aromatic heterocycles. The second-order valence-corrected chi connectivity index (χ2v) is 5.27. The van der Waals surface area contributed by atoms with Gasteiger partial charge in [0.15, 0.2) is 0 Å². The lowest BCUT2D eigenvalue weighted by molar-refractivity contribution is -0.146. The van der Waals surface area contributed by atoms with Crippen LogP contribution in [-0.2, 0) is 9.53 Å². The van der Waals surface area contributed by atoms with Crippen molar-refractivity contribution in [1.29, 1.82) is 0 Å². The van der Waals surface area contributed by atoms with E-state index in [2.05, 4.69) is 13.8 Å². The van der Waals surface area contributed by atoms with E-state index in [0.717, 1.165) is 19.3 Å². The third-order valence-electron chi connectivity index (χ3n) is 3.58. The number of hydrogen-bond donors (Lipinski definition) is 0. The third-order valence-corrected chi connectivity index (χ3v) is 3.58. The monoisotopic (exact) mass is 256 g/mol. The molecule has 1 unspecified atom stereocenters. The van der Waals surface area contributed by atoms with Crippen LogP contribution in [0.3, 0.4) is 0 Å². The van der Waals surface area contributed by atoms with Crippen LogP contribution >= 0.6 is 0 Å². The lowest BCUT2D eigenvalue weighted by atomic mass is 9.96. The molecule has 0 aliphatic rings. The quantitative estimate of drug-likeness (QED) is 0.358. The van der Waals surface area contributed by atoms with E-state index in [0.29, 0.717) is 0 Å². The van der Waals surface area contributed by atoms with Gasteiger partial charge < -0.3 is 4.74 Å². The number of unbranched alkanes of at least 4 members (excludes halogenated alkanes) is 7. The second-order valence-electron chi connectivity index (χ2n) is 5.27. The molecule has 2 nitrogen and oxygen atoms in total. The normalized spacial score (nSPS) is 12.4. The predicted octanol–water partition coefficient (Wildman–Crippen LogP) is 5.11. The van der Waals surface area contributed by atoms with Crippen LogP contribution in [0.1, 0.15) is 84.5 Å². The van der Waals surface area contributed by atoms with E-state index in [1.807, 2.05) is 0 Å². The van der Waals surface area contributed by atoms with Crippen molar-refractivity contribution >= 4 is 5.97 Å². The average Bonchev–Trinajstić information content (AvgIpc) is 2.39. The summed E-state index contributed by atoms with van der Waals surface area (Å²) < 4.78 is 4.85. The zero-order valence-corrected chi connectivity index (χ0v) is 12.7. The summed E-state index contributed by atoms with van der Waals surface area (Å²) in [5, 5.41) is 0. The molecule has 0 rings (SSSR count). The molecule has 0 spiro atoms. The lowest BCUT2D eigenvalue weighted by Crippen LogP contribution is -2.15. The zero-order chi connectivity index (χ0) is 13.6. The molecule has 0 heterocycles. The Morgan fingerprint density at radius 3 is 1.89 bits per heavy atom. The molecule has 0 aliphatic heterocycles. The van der Waals surface area contributed by atoms with Gasteiger partial charge in [0, 0.05) is 0 Å². The second kappa shape index (κ2) is 12.9. The standard InChI is InChI=1S/C16H32O2/c1-4-6-7-8-9-10-11-12-14-15(13-5-2)16(17)18-3/h15H,4-14H2,1-3H3. The molecular weight excluding hydrogens is 224 g/mol. The van der Waals surface area contributed by atoms with Crippen molar-refractivity contribution in [3.8, 4) is 0 Å². The lowest BCUT2D eigenvalue weighted by Gasteiger charge is -2.13. The first-order valence-corrected chi connectivity index (χ1v) is 7.84. The predicted molar refractivity (Wildman–Crippen MR) is 77.6 cm³/mol. The maximum absolute atomic E-state index is 11.5. The smallest absolute Gasteiger partial charge is 0.308 e. The first-order valence-electron chi connectivity index (χ1n) is 7.84. The average molecular weight is 256 g/mol. The van der Waals surface area contributed by atoms with Gasteiger partial charge in [-0.1, -0.05) is 71.6 Å². The molecule has 108 valence electrons. The Morgan fingerprint density at radius 2 is 1.39 bits per heavy atom. The van der Waals surface area contributed by atoms with Crippen LogP contribution in [0.15, 0.2) is 0 Å². The van der Waals surface area contributed by atoms with Crippen LogP contribution in [0.4, 0.5) is 0 Å². The van der Waals surface area contributed by atoms with Gasteiger partial charge in [-0.05, 0) is 12.8 Å². The highest BCUT2D eigenvalue weighted by Crippen LogP contribution is 2.18. The van der Waals surface area contributed by atoms with E-state index in [9.17, 15) is 4.79 Å². The molecule has 0 aliphatic carbocycles. The first-order chi connectivity index (χ1) is 8.76. The van der Waals surface area contributed by atoms with Crippen molar-refractivity contribution in [3.63, 3.8) is 0 Å². The number of rotatable bonds is 12. The molecule has 1 atom stereocenters. The Kier molecular flexibility index (Phi) is 12.5. The van der Waals surface area contributed by atoms with Gasteiger partial charge in [-0.15, -0.1) is 0 Å². The number of esters is 1. The fourth-order valence-corrected chi connectivity index (χ4v) is 2.42. The van der Waals surface area contributed by atoms with Crippen molar-refractivity contribution in [2.75, 3.05) is 7.11 Å². The molecule has 0 fully saturated rings. The highest BCUT2D eigenvalue weighted by Gasteiger charge is 2.17. The van der Waals surface area contributed by atoms with Crippen LogP contribution in [0.5, 0.6) is 0 Å². The van der Waals surface area contributed by atoms with Crippen LogP contribution in [-0.4, -0.2) is 13.1 Å². The van der Waals surface area contributed by atoms with E-state index < -0.39 is 0 Å². The Bertz CT molecular complexity index is 190. The topological polar surface area (TPSA) is 26.3 Å². The Hall–Kier alpha value is -0.530. The molecule has 0 bridgehead atoms. The van der Waals surface area contributed by atoms with E-state index in [-0.39, 0.29) is 11.9 Å². The molecule has 0 saturated carbocycles. The van der Waals surface area contributed by atoms with E-state index in [4.69, 9.17) is 4.74 Å². The molecule has 0 radical (unpaired) electrons. The van der Waals surface area contributed by atoms with Crippen LogP contribution in [0.2, 0.25) is 0 Å². The summed E-state index contributed by atoms with van der Waals surface area (Å²) in [4.78, 5) is 11.5. The van der Waals surface area contributed by atoms with Gasteiger partial charge in [0.2, 0.25) is 0 Å². The van der Waals surface area contributed by atoms with Crippen molar-refractivity contribution in [2.24, 2.45) is 5.92 Å². The molecule has 0 amide bonds. The molecular formula is C16H32O2. The van der Waals surface area contributed by atoms with Crippen LogP contribution in [0, 0.1) is 5.92 Å². The van der Waals surface area contributed by atoms with Gasteiger partial charge in [-0.3, -0.25) is 4.79 Å². The fourth-order valence-electron chi connectivity index (χ4n) is 2.42. The largest absolute Gasteiger partial charge is 0.469 e. The Morgan fingerprint density at radius 1 is 0.833 bits per heavy atom. The zero-order valence-electron chi connectivity index (χ0n) is 12.7. The highest BCUT2D eigenvalue weighted by atomic mass is 16.5. The summed E-state index contributed by atoms with van der Waals surface area (Å²) in [5.74, 6) is 0.125. The third kappa shape index (κ3) is 9.49. The Labute approximate surface area is 113 Å². The number of carbonyl (C=O) groups excluding carboxylic acids is 1. The van der Waals surface area contributed by atoms with Gasteiger partial charge in [0.25, 0.3) is 0 Å². The van der Waals surface area contributed by atoms with Crippen molar-refractivity contribution in [1.82, 2.24) is 0 Å². The molecule has 0 saturated heterocycles. The molecule has 0 aromatic rings. The van der Waals surface area contributed by atoms with Gasteiger partial charge in [0.1, 0.15) is 0 Å². The maximum Gasteiger partial charge on any atom is 0.308 e. The number of ether oxygens (including phenoxy) is 1. The molecule has 2 heteroatoms. The van der Waals surface area contributed by atoms with Crippen molar-refractivity contribution < 1.29 is 9.53 Å². The number of carbonyl (C=O) groups is 1. The number of methoxy groups -OCH3 is 1. The van der Waals surface area contributed by atoms with Gasteiger partial charge in [-0.2, -0.15) is 0 Å². The summed E-state index contributed by atoms with van der Waals surface area (Å²) in [7, 11) is 1.50. The van der Waals surface area contributed by atoms with Crippen LogP contribution < -0.4 is 0 Å². The Balaban J connectivity index is 3.46. The first kappa shape index (κ1) is 17.5. The maximum atomic E-state index is 11.5. The van der Waals surface area contributed by atoms with Gasteiger partial charge >= 0.3 is 5.97 Å². The van der Waals surface area contributed by atoms with Gasteiger partial charge in [0.05, 0.1) is 13.0 Å². The van der Waals surface area contributed by atoms with Crippen molar-refractivity contribution in [2.45, 2.75) is 84.5 Å². The molecule has 0 aromatic carbocycles. The summed E-state index contributed by atoms with van der Waals surface area (Å²) >= 11 is 0. The summed E-state index contributed by atoms with van der Waals surface area (Å²) in [5.41, 5.74) is 0. The fraction of sp³-hybridized carbons (Fsp3) is 0.938. The van der Waals surface area contributed by atoms with Crippen molar-refractivity contribution in [3.05, 3.63) is 0 Å². The van der Waals surface area contributed by atoms with E-state index >= 15 is 0 Å². The summed E-state index contributed by atoms with van der Waals surface area (Å²) in [6, 6.07) is 0. The van der Waals surface area contributed by atoms with Crippen LogP contribution in [0.25, 0.3) is 0 Å². The van der Waals surface area contributed by atoms with E-state index in [1.54, 1.807) is 0 Å². The molecule has 18 heavy (non-hydrogen) atoms. The summed E-state index contributed by atoms with van der Waals surface area (Å²) in [6.07, 6.45) is 13.6. The highest BCUT2D eigenvalue weighted by molar-refractivity contribution is 5.72.